The molecule has 0 saturated carbocycles. The molecule has 1 amide bonds. The molecule has 8 heteroatoms. The van der Waals surface area contributed by atoms with E-state index in [2.05, 4.69) is 5.32 Å². The first-order valence-corrected chi connectivity index (χ1v) is 7.33. The number of nitrogens with zero attached hydrogens (tertiary/aromatic N) is 1. The molecule has 0 aliphatic heterocycles. The lowest BCUT2D eigenvalue weighted by Gasteiger charge is -2.09. The number of nitrogens with one attached hydrogen (secondary N) is 1. The van der Waals surface area contributed by atoms with E-state index in [1.807, 2.05) is 0 Å². The van der Waals surface area contributed by atoms with Crippen LogP contribution < -0.4 is 10.1 Å². The maximum Gasteiger partial charge on any atom is 0.312 e. The minimum Gasteiger partial charge on any atom is -0.477 e. The van der Waals surface area contributed by atoms with Crippen molar-refractivity contribution < 1.29 is 18.8 Å². The first kappa shape index (κ1) is 17.7. The van der Waals surface area contributed by atoms with Crippen LogP contribution in [0.3, 0.4) is 0 Å². The van der Waals surface area contributed by atoms with E-state index in [9.17, 15) is 19.3 Å². The number of hydrogen-bond acceptors (Lipinski definition) is 4. The van der Waals surface area contributed by atoms with Crippen LogP contribution in [0.2, 0.25) is 5.02 Å². The van der Waals surface area contributed by atoms with Gasteiger partial charge in [0, 0.05) is 17.6 Å². The largest absolute Gasteiger partial charge is 0.477 e. The Bertz CT molecular complexity index is 783. The number of carbonyl (C=O) groups excluding carboxylic acids is 1. The summed E-state index contributed by atoms with van der Waals surface area (Å²) in [4.78, 5) is 22.1. The molecule has 0 aliphatic rings. The average molecular weight is 353 g/mol. The van der Waals surface area contributed by atoms with Gasteiger partial charge in [0.2, 0.25) is 0 Å². The molecule has 2 aromatic carbocycles. The summed E-state index contributed by atoms with van der Waals surface area (Å²) in [5, 5.41) is 13.7. The Morgan fingerprint density at radius 2 is 2.08 bits per heavy atom. The van der Waals surface area contributed by atoms with Crippen LogP contribution in [0, 0.1) is 22.9 Å². The van der Waals surface area contributed by atoms with Crippen LogP contribution in [0.15, 0.2) is 36.4 Å². The molecule has 0 atom stereocenters. The molecule has 0 fully saturated rings. The molecule has 1 N–H and O–H groups in total. The molecule has 0 radical (unpaired) electrons. The fourth-order valence-electron chi connectivity index (χ4n) is 1.97. The van der Waals surface area contributed by atoms with E-state index < -0.39 is 10.8 Å². The number of hydrogen-bond donors (Lipinski definition) is 1. The van der Waals surface area contributed by atoms with E-state index in [0.29, 0.717) is 5.56 Å². The highest BCUT2D eigenvalue weighted by atomic mass is 35.5. The fraction of sp³-hybridized carbons (Fsp3) is 0.188. The molecule has 24 heavy (non-hydrogen) atoms. The SMILES string of the molecule is Cc1cc(CNC(=O)COc2ccc(Cl)cc2[N+](=O)[O-])ccc1F. The number of amides is 1. The van der Waals surface area contributed by atoms with Crippen molar-refractivity contribution in [2.45, 2.75) is 13.5 Å². The number of aryl methyl sites for hydroxylation is 1. The van der Waals surface area contributed by atoms with Crippen molar-refractivity contribution in [3.05, 3.63) is 68.5 Å². The van der Waals surface area contributed by atoms with E-state index in [4.69, 9.17) is 16.3 Å². The van der Waals surface area contributed by atoms with Gasteiger partial charge in [-0.2, -0.15) is 0 Å². The van der Waals surface area contributed by atoms with Crippen LogP contribution in [0.1, 0.15) is 11.1 Å². The highest BCUT2D eigenvalue weighted by Crippen LogP contribution is 2.29. The van der Waals surface area contributed by atoms with Crippen molar-refractivity contribution in [2.75, 3.05) is 6.61 Å². The molecule has 0 unspecified atom stereocenters. The number of carbonyl (C=O) groups is 1. The molecule has 2 aromatic rings. The van der Waals surface area contributed by atoms with Gasteiger partial charge in [-0.1, -0.05) is 23.7 Å². The van der Waals surface area contributed by atoms with E-state index in [1.165, 1.54) is 18.2 Å². The van der Waals surface area contributed by atoms with Crippen LogP contribution in [0.5, 0.6) is 5.75 Å². The number of halogens is 2. The van der Waals surface area contributed by atoms with E-state index in [0.717, 1.165) is 11.6 Å². The topological polar surface area (TPSA) is 81.5 Å². The van der Waals surface area contributed by atoms with Crippen LogP contribution in [-0.2, 0) is 11.3 Å². The van der Waals surface area contributed by atoms with Crippen LogP contribution in [-0.4, -0.2) is 17.4 Å². The standard InChI is InChI=1S/C16H14ClFN2O4/c1-10-6-11(2-4-13(10)18)8-19-16(21)9-24-15-5-3-12(17)7-14(15)20(22)23/h2-7H,8-9H2,1H3,(H,19,21). The lowest BCUT2D eigenvalue weighted by atomic mass is 10.1. The predicted octanol–water partition coefficient (Wildman–Crippen LogP) is 3.39. The fourth-order valence-corrected chi connectivity index (χ4v) is 2.13. The summed E-state index contributed by atoms with van der Waals surface area (Å²) in [5.74, 6) is -0.818. The number of rotatable bonds is 6. The van der Waals surface area contributed by atoms with Crippen LogP contribution in [0.25, 0.3) is 0 Å². The lowest BCUT2D eigenvalue weighted by molar-refractivity contribution is -0.385. The van der Waals surface area contributed by atoms with Crippen molar-refractivity contribution in [1.29, 1.82) is 0 Å². The third-order valence-electron chi connectivity index (χ3n) is 3.19. The van der Waals surface area contributed by atoms with E-state index >= 15 is 0 Å². The van der Waals surface area contributed by atoms with Crippen molar-refractivity contribution >= 4 is 23.2 Å². The summed E-state index contributed by atoms with van der Waals surface area (Å²) < 4.78 is 18.3. The van der Waals surface area contributed by atoms with Crippen molar-refractivity contribution in [3.8, 4) is 5.75 Å². The summed E-state index contributed by atoms with van der Waals surface area (Å²) in [6, 6.07) is 8.43. The summed E-state index contributed by atoms with van der Waals surface area (Å²) in [6.45, 7) is 1.44. The molecule has 6 nitrogen and oxygen atoms in total. The van der Waals surface area contributed by atoms with Crippen LogP contribution in [0.4, 0.5) is 10.1 Å². The Hall–Kier alpha value is -2.67. The number of nitro groups is 1. The first-order chi connectivity index (χ1) is 11.4. The maximum atomic E-state index is 13.2. The quantitative estimate of drug-likeness (QED) is 0.638. The van der Waals surface area contributed by atoms with Gasteiger partial charge in [-0.15, -0.1) is 0 Å². The highest BCUT2D eigenvalue weighted by molar-refractivity contribution is 6.30. The number of ether oxygens (including phenoxy) is 1. The molecule has 0 aliphatic carbocycles. The number of benzene rings is 2. The Kier molecular flexibility index (Phi) is 5.70. The third kappa shape index (κ3) is 4.66. The minimum atomic E-state index is -0.638. The summed E-state index contributed by atoms with van der Waals surface area (Å²) in [6.07, 6.45) is 0. The van der Waals surface area contributed by atoms with Gasteiger partial charge in [-0.05, 0) is 36.2 Å². The molecule has 0 spiro atoms. The molecule has 0 bridgehead atoms. The molecular formula is C16H14ClFN2O4. The third-order valence-corrected chi connectivity index (χ3v) is 3.42. The first-order valence-electron chi connectivity index (χ1n) is 6.95. The van der Waals surface area contributed by atoms with Gasteiger partial charge in [0.1, 0.15) is 5.82 Å². The molecule has 0 heterocycles. The molecule has 0 saturated heterocycles. The number of nitro benzene ring substituents is 1. The summed E-state index contributed by atoms with van der Waals surface area (Å²) in [5.41, 5.74) is 0.902. The van der Waals surface area contributed by atoms with Gasteiger partial charge in [0.25, 0.3) is 5.91 Å². The second-order valence-corrected chi connectivity index (χ2v) is 5.45. The Morgan fingerprint density at radius 1 is 1.33 bits per heavy atom. The van der Waals surface area contributed by atoms with Gasteiger partial charge in [0.15, 0.2) is 12.4 Å². The zero-order valence-electron chi connectivity index (χ0n) is 12.7. The zero-order valence-corrected chi connectivity index (χ0v) is 13.5. The lowest BCUT2D eigenvalue weighted by Crippen LogP contribution is -2.28. The molecule has 0 aromatic heterocycles. The predicted molar refractivity (Wildman–Crippen MR) is 86.6 cm³/mol. The highest BCUT2D eigenvalue weighted by Gasteiger charge is 2.16. The van der Waals surface area contributed by atoms with Gasteiger partial charge < -0.3 is 10.1 Å². The van der Waals surface area contributed by atoms with Gasteiger partial charge in [-0.25, -0.2) is 4.39 Å². The summed E-state index contributed by atoms with van der Waals surface area (Å²) in [7, 11) is 0. The molecular weight excluding hydrogens is 339 g/mol. The van der Waals surface area contributed by atoms with Crippen LogP contribution >= 0.6 is 11.6 Å². The smallest absolute Gasteiger partial charge is 0.312 e. The Balaban J connectivity index is 1.91. The van der Waals surface area contributed by atoms with Gasteiger partial charge in [0.05, 0.1) is 4.92 Å². The maximum absolute atomic E-state index is 13.2. The van der Waals surface area contributed by atoms with Crippen molar-refractivity contribution in [2.24, 2.45) is 0 Å². The summed E-state index contributed by atoms with van der Waals surface area (Å²) >= 11 is 5.70. The second-order valence-electron chi connectivity index (χ2n) is 5.02. The van der Waals surface area contributed by atoms with Crippen molar-refractivity contribution in [1.82, 2.24) is 5.32 Å². The average Bonchev–Trinajstić information content (AvgIpc) is 2.54. The van der Waals surface area contributed by atoms with E-state index in [-0.39, 0.29) is 35.4 Å². The minimum absolute atomic E-state index is 0.0443. The zero-order chi connectivity index (χ0) is 17.7. The Labute approximate surface area is 142 Å². The van der Waals surface area contributed by atoms with E-state index in [1.54, 1.807) is 19.1 Å². The van der Waals surface area contributed by atoms with Gasteiger partial charge in [-0.3, -0.25) is 14.9 Å². The molecule has 2 rings (SSSR count). The van der Waals surface area contributed by atoms with Crippen molar-refractivity contribution in [3.63, 3.8) is 0 Å². The van der Waals surface area contributed by atoms with Gasteiger partial charge >= 0.3 is 5.69 Å². The monoisotopic (exact) mass is 352 g/mol. The Morgan fingerprint density at radius 3 is 2.75 bits per heavy atom. The normalized spacial score (nSPS) is 10.3. The molecule has 126 valence electrons. The second kappa shape index (κ2) is 7.74.